The Morgan fingerprint density at radius 2 is 1.94 bits per heavy atom. The van der Waals surface area contributed by atoms with Gasteiger partial charge in [-0.2, -0.15) is 5.26 Å². The highest BCUT2D eigenvalue weighted by molar-refractivity contribution is 5.34. The van der Waals surface area contributed by atoms with Gasteiger partial charge in [-0.05, 0) is 50.1 Å². The molecule has 1 aromatic rings. The van der Waals surface area contributed by atoms with E-state index in [4.69, 9.17) is 10.00 Å². The molecule has 1 fully saturated rings. The Bertz CT molecular complexity index is 388. The van der Waals surface area contributed by atoms with Crippen LogP contribution in [0, 0.1) is 11.3 Å². The molecule has 0 aliphatic heterocycles. The average molecular weight is 244 g/mol. The minimum Gasteiger partial charge on any atom is -0.494 e. The number of hydrogen-bond donors (Lipinski definition) is 1. The number of rotatable bonds is 6. The van der Waals surface area contributed by atoms with Gasteiger partial charge in [0, 0.05) is 6.04 Å². The lowest BCUT2D eigenvalue weighted by Gasteiger charge is -2.11. The molecule has 18 heavy (non-hydrogen) atoms. The maximum Gasteiger partial charge on any atom is 0.119 e. The zero-order valence-corrected chi connectivity index (χ0v) is 10.7. The molecule has 0 amide bonds. The molecule has 0 bridgehead atoms. The normalized spacial score (nSPS) is 15.5. The van der Waals surface area contributed by atoms with Crippen LogP contribution in [0.5, 0.6) is 5.75 Å². The van der Waals surface area contributed by atoms with Crippen LogP contribution in [-0.4, -0.2) is 19.2 Å². The van der Waals surface area contributed by atoms with Gasteiger partial charge in [-0.25, -0.2) is 0 Å². The van der Waals surface area contributed by atoms with Gasteiger partial charge in [0.2, 0.25) is 0 Å². The molecule has 3 heteroatoms. The molecule has 1 aliphatic rings. The smallest absolute Gasteiger partial charge is 0.119 e. The summed E-state index contributed by atoms with van der Waals surface area (Å²) in [6, 6.07) is 10.1. The van der Waals surface area contributed by atoms with Crippen molar-refractivity contribution in [1.82, 2.24) is 5.32 Å². The van der Waals surface area contributed by atoms with E-state index >= 15 is 0 Å². The minimum atomic E-state index is 0.672. The third-order valence-electron chi connectivity index (χ3n) is 3.36. The molecule has 2 rings (SSSR count). The first-order valence-electron chi connectivity index (χ1n) is 6.75. The first-order valence-corrected chi connectivity index (χ1v) is 6.75. The highest BCUT2D eigenvalue weighted by atomic mass is 16.5. The van der Waals surface area contributed by atoms with Gasteiger partial charge in [-0.15, -0.1) is 0 Å². The third kappa shape index (κ3) is 4.05. The fraction of sp³-hybridized carbons (Fsp3) is 0.533. The van der Waals surface area contributed by atoms with Gasteiger partial charge in [-0.1, -0.05) is 12.8 Å². The van der Waals surface area contributed by atoms with Crippen LogP contribution < -0.4 is 10.1 Å². The zero-order chi connectivity index (χ0) is 12.6. The molecule has 0 heterocycles. The standard InChI is InChI=1S/C15H20N2O/c16-12-13-6-8-15(9-7-13)18-11-3-10-17-14-4-1-2-5-14/h6-9,14,17H,1-5,10-11H2. The van der Waals surface area contributed by atoms with Crippen molar-refractivity contribution in [2.45, 2.75) is 38.1 Å². The van der Waals surface area contributed by atoms with Crippen molar-refractivity contribution in [1.29, 1.82) is 5.26 Å². The molecule has 1 N–H and O–H groups in total. The lowest BCUT2D eigenvalue weighted by atomic mass is 10.2. The SMILES string of the molecule is N#Cc1ccc(OCCCNC2CCCC2)cc1. The van der Waals surface area contributed by atoms with E-state index in [-0.39, 0.29) is 0 Å². The van der Waals surface area contributed by atoms with E-state index in [0.29, 0.717) is 5.56 Å². The van der Waals surface area contributed by atoms with Crippen molar-refractivity contribution in [3.05, 3.63) is 29.8 Å². The lowest BCUT2D eigenvalue weighted by molar-refractivity contribution is 0.304. The largest absolute Gasteiger partial charge is 0.494 e. The minimum absolute atomic E-state index is 0.672. The topological polar surface area (TPSA) is 45.0 Å². The number of benzene rings is 1. The molecule has 0 radical (unpaired) electrons. The molecule has 96 valence electrons. The average Bonchev–Trinajstić information content (AvgIpc) is 2.92. The van der Waals surface area contributed by atoms with Crippen molar-refractivity contribution in [2.75, 3.05) is 13.2 Å². The molecule has 0 saturated heterocycles. The van der Waals surface area contributed by atoms with Crippen molar-refractivity contribution in [3.63, 3.8) is 0 Å². The van der Waals surface area contributed by atoms with Crippen molar-refractivity contribution >= 4 is 0 Å². The summed E-state index contributed by atoms with van der Waals surface area (Å²) in [6.07, 6.45) is 6.43. The van der Waals surface area contributed by atoms with Crippen molar-refractivity contribution in [2.24, 2.45) is 0 Å². The van der Waals surface area contributed by atoms with E-state index in [2.05, 4.69) is 11.4 Å². The quantitative estimate of drug-likeness (QED) is 0.783. The van der Waals surface area contributed by atoms with Gasteiger partial charge in [0.1, 0.15) is 5.75 Å². The first kappa shape index (κ1) is 12.9. The van der Waals surface area contributed by atoms with Crippen LogP contribution in [0.15, 0.2) is 24.3 Å². The number of hydrogen-bond acceptors (Lipinski definition) is 3. The summed E-state index contributed by atoms with van der Waals surface area (Å²) in [5, 5.41) is 12.2. The lowest BCUT2D eigenvalue weighted by Crippen LogP contribution is -2.27. The predicted molar refractivity (Wildman–Crippen MR) is 71.5 cm³/mol. The number of ether oxygens (including phenoxy) is 1. The Morgan fingerprint density at radius 1 is 1.22 bits per heavy atom. The predicted octanol–water partition coefficient (Wildman–Crippen LogP) is 2.86. The molecular formula is C15H20N2O. The van der Waals surface area contributed by atoms with Crippen molar-refractivity contribution < 1.29 is 4.74 Å². The van der Waals surface area contributed by atoms with Gasteiger partial charge in [0.05, 0.1) is 18.2 Å². The second-order valence-electron chi connectivity index (χ2n) is 4.77. The van der Waals surface area contributed by atoms with Crippen LogP contribution in [-0.2, 0) is 0 Å². The van der Waals surface area contributed by atoms with Crippen LogP contribution >= 0.6 is 0 Å². The molecule has 3 nitrogen and oxygen atoms in total. The Balaban J connectivity index is 1.58. The molecule has 0 atom stereocenters. The Labute approximate surface area is 109 Å². The molecular weight excluding hydrogens is 224 g/mol. The van der Waals surface area contributed by atoms with E-state index in [1.54, 1.807) is 12.1 Å². The van der Waals surface area contributed by atoms with Gasteiger partial charge >= 0.3 is 0 Å². The molecule has 1 aromatic carbocycles. The maximum atomic E-state index is 8.68. The van der Waals surface area contributed by atoms with E-state index in [9.17, 15) is 0 Å². The maximum absolute atomic E-state index is 8.68. The van der Waals surface area contributed by atoms with E-state index in [1.807, 2.05) is 12.1 Å². The molecule has 0 spiro atoms. The summed E-state index contributed by atoms with van der Waals surface area (Å²) in [7, 11) is 0. The van der Waals surface area contributed by atoms with Crippen LogP contribution in [0.25, 0.3) is 0 Å². The van der Waals surface area contributed by atoms with E-state index in [1.165, 1.54) is 25.7 Å². The summed E-state index contributed by atoms with van der Waals surface area (Å²) in [5.41, 5.74) is 0.672. The number of nitrogens with one attached hydrogen (secondary N) is 1. The summed E-state index contributed by atoms with van der Waals surface area (Å²) < 4.78 is 5.62. The molecule has 1 aliphatic carbocycles. The fourth-order valence-electron chi connectivity index (χ4n) is 2.32. The van der Waals surface area contributed by atoms with Gasteiger partial charge in [0.25, 0.3) is 0 Å². The highest BCUT2D eigenvalue weighted by Crippen LogP contribution is 2.17. The molecule has 0 unspecified atom stereocenters. The summed E-state index contributed by atoms with van der Waals surface area (Å²) in [6.45, 7) is 1.76. The first-order chi connectivity index (χ1) is 8.88. The van der Waals surface area contributed by atoms with Gasteiger partial charge in [-0.3, -0.25) is 0 Å². The second kappa shape index (κ2) is 7.03. The summed E-state index contributed by atoms with van der Waals surface area (Å²) in [5.74, 6) is 0.842. The Morgan fingerprint density at radius 3 is 2.61 bits per heavy atom. The highest BCUT2D eigenvalue weighted by Gasteiger charge is 2.13. The van der Waals surface area contributed by atoms with E-state index < -0.39 is 0 Å². The Kier molecular flexibility index (Phi) is 5.04. The monoisotopic (exact) mass is 244 g/mol. The summed E-state index contributed by atoms with van der Waals surface area (Å²) >= 11 is 0. The van der Waals surface area contributed by atoms with Gasteiger partial charge in [0.15, 0.2) is 0 Å². The summed E-state index contributed by atoms with van der Waals surface area (Å²) in [4.78, 5) is 0. The number of nitrogens with zero attached hydrogens (tertiary/aromatic N) is 1. The Hall–Kier alpha value is -1.53. The van der Waals surface area contributed by atoms with Crippen LogP contribution in [0.4, 0.5) is 0 Å². The third-order valence-corrected chi connectivity index (χ3v) is 3.36. The second-order valence-corrected chi connectivity index (χ2v) is 4.77. The van der Waals surface area contributed by atoms with Crippen molar-refractivity contribution in [3.8, 4) is 11.8 Å². The fourth-order valence-corrected chi connectivity index (χ4v) is 2.32. The van der Waals surface area contributed by atoms with Crippen LogP contribution in [0.2, 0.25) is 0 Å². The van der Waals surface area contributed by atoms with Crippen LogP contribution in [0.1, 0.15) is 37.7 Å². The number of nitriles is 1. The molecule has 1 saturated carbocycles. The van der Waals surface area contributed by atoms with E-state index in [0.717, 1.165) is 31.4 Å². The zero-order valence-electron chi connectivity index (χ0n) is 10.7. The van der Waals surface area contributed by atoms with Crippen LogP contribution in [0.3, 0.4) is 0 Å². The molecule has 0 aromatic heterocycles. The van der Waals surface area contributed by atoms with Gasteiger partial charge < -0.3 is 10.1 Å².